The van der Waals surface area contributed by atoms with Crippen LogP contribution in [-0.4, -0.2) is 81.7 Å². The van der Waals surface area contributed by atoms with E-state index in [1.807, 2.05) is 49.9 Å². The highest BCUT2D eigenvalue weighted by Gasteiger charge is 2.54. The smallest absolute Gasteiger partial charge is 0.408 e. The van der Waals surface area contributed by atoms with E-state index in [9.17, 15) is 9.59 Å². The highest BCUT2D eigenvalue weighted by Crippen LogP contribution is 2.47. The molecule has 4 atom stereocenters. The van der Waals surface area contributed by atoms with Crippen LogP contribution in [0.2, 0.25) is 18.1 Å². The first-order valence-electron chi connectivity index (χ1n) is 15.4. The van der Waals surface area contributed by atoms with Crippen LogP contribution < -0.4 is 10.1 Å². The molecule has 1 aromatic rings. The van der Waals surface area contributed by atoms with Gasteiger partial charge in [-0.1, -0.05) is 32.9 Å². The van der Waals surface area contributed by atoms with Crippen molar-refractivity contribution in [3.8, 4) is 5.75 Å². The first kappa shape index (κ1) is 32.8. The molecule has 4 rings (SSSR count). The van der Waals surface area contributed by atoms with Crippen LogP contribution >= 0.6 is 0 Å². The standard InChI is InChI=1S/C32H52N2O7Si/c1-30(2,3)41-29(36)33-26(18-22-10-12-25(37-7)13-11-22)28(35)34-24(21-40-42(8,9)31(4,5)6)19-23-14-15-32(20-27(23)34)38-16-17-39-32/h10-13,23-24,26-27H,14-21H2,1-9H3,(H,33,36)/t23-,24+,26-,27-/m1/s1. The Balaban J connectivity index is 1.64. The highest BCUT2D eigenvalue weighted by molar-refractivity contribution is 6.74. The Bertz CT molecular complexity index is 1090. The second kappa shape index (κ2) is 12.5. The molecule has 1 spiro atoms. The zero-order valence-corrected chi connectivity index (χ0v) is 28.1. The van der Waals surface area contributed by atoms with Crippen molar-refractivity contribution in [2.75, 3.05) is 26.9 Å². The van der Waals surface area contributed by atoms with E-state index in [0.29, 0.717) is 38.6 Å². The lowest BCUT2D eigenvalue weighted by atomic mass is 9.81. The van der Waals surface area contributed by atoms with Crippen LogP contribution in [0.15, 0.2) is 24.3 Å². The minimum absolute atomic E-state index is 0.0535. The average Bonchev–Trinajstić information content (AvgIpc) is 3.49. The highest BCUT2D eigenvalue weighted by atomic mass is 28.4. The summed E-state index contributed by atoms with van der Waals surface area (Å²) in [6.45, 7) is 18.2. The Morgan fingerprint density at radius 2 is 1.74 bits per heavy atom. The summed E-state index contributed by atoms with van der Waals surface area (Å²) in [6, 6.07) is 6.61. The number of nitrogens with one attached hydrogen (secondary N) is 1. The third-order valence-electron chi connectivity index (χ3n) is 9.38. The monoisotopic (exact) mass is 604 g/mol. The number of carbonyl (C=O) groups excluding carboxylic acids is 2. The van der Waals surface area contributed by atoms with E-state index in [1.54, 1.807) is 7.11 Å². The molecule has 9 nitrogen and oxygen atoms in total. The lowest BCUT2D eigenvalue weighted by molar-refractivity contribution is -0.193. The molecular formula is C32H52N2O7Si. The molecule has 0 radical (unpaired) electrons. The number of likely N-dealkylation sites (tertiary alicyclic amines) is 1. The molecule has 42 heavy (non-hydrogen) atoms. The van der Waals surface area contributed by atoms with Crippen molar-refractivity contribution in [3.63, 3.8) is 0 Å². The minimum atomic E-state index is -2.06. The molecule has 3 aliphatic rings. The van der Waals surface area contributed by atoms with Gasteiger partial charge in [-0.25, -0.2) is 4.79 Å². The lowest BCUT2D eigenvalue weighted by Crippen LogP contribution is -2.57. The van der Waals surface area contributed by atoms with Crippen LogP contribution in [0.4, 0.5) is 4.79 Å². The Hall–Kier alpha value is -2.14. The predicted octanol–water partition coefficient (Wildman–Crippen LogP) is 5.67. The number of hydrogen-bond acceptors (Lipinski definition) is 7. The van der Waals surface area contributed by atoms with Crippen molar-refractivity contribution >= 4 is 20.3 Å². The molecule has 0 bridgehead atoms. The topological polar surface area (TPSA) is 95.6 Å². The van der Waals surface area contributed by atoms with E-state index in [0.717, 1.165) is 30.6 Å². The Kier molecular flexibility index (Phi) is 9.72. The maximum Gasteiger partial charge on any atom is 0.408 e. The summed E-state index contributed by atoms with van der Waals surface area (Å²) in [4.78, 5) is 29.7. The van der Waals surface area contributed by atoms with E-state index in [1.165, 1.54) is 0 Å². The lowest BCUT2D eigenvalue weighted by Gasteiger charge is -2.43. The second-order valence-electron chi connectivity index (χ2n) is 14.6. The van der Waals surface area contributed by atoms with Crippen LogP contribution in [0.1, 0.15) is 72.8 Å². The fourth-order valence-electron chi connectivity index (χ4n) is 6.12. The zero-order chi connectivity index (χ0) is 30.9. The van der Waals surface area contributed by atoms with Crippen LogP contribution in [0, 0.1) is 5.92 Å². The van der Waals surface area contributed by atoms with Crippen molar-refractivity contribution < 1.29 is 33.0 Å². The number of rotatable bonds is 8. The van der Waals surface area contributed by atoms with Crippen LogP contribution in [0.5, 0.6) is 5.75 Å². The van der Waals surface area contributed by atoms with Gasteiger partial charge in [-0.3, -0.25) is 4.79 Å². The molecule has 2 aliphatic heterocycles. The van der Waals surface area contributed by atoms with Crippen molar-refractivity contribution in [3.05, 3.63) is 29.8 Å². The quantitative estimate of drug-likeness (QED) is 0.382. The van der Waals surface area contributed by atoms with Crippen LogP contribution in [-0.2, 0) is 29.9 Å². The van der Waals surface area contributed by atoms with E-state index < -0.39 is 31.8 Å². The van der Waals surface area contributed by atoms with Gasteiger partial charge < -0.3 is 33.6 Å². The Labute approximate surface area is 253 Å². The number of ether oxygens (including phenoxy) is 4. The van der Waals surface area contributed by atoms with Crippen molar-refractivity contribution in [1.29, 1.82) is 0 Å². The predicted molar refractivity (Wildman–Crippen MR) is 164 cm³/mol. The fraction of sp³-hybridized carbons (Fsp3) is 0.750. The summed E-state index contributed by atoms with van der Waals surface area (Å²) in [7, 11) is -0.436. The molecular weight excluding hydrogens is 552 g/mol. The largest absolute Gasteiger partial charge is 0.497 e. The molecule has 1 N–H and O–H groups in total. The summed E-state index contributed by atoms with van der Waals surface area (Å²) < 4.78 is 29.9. The Morgan fingerprint density at radius 1 is 1.10 bits per heavy atom. The minimum Gasteiger partial charge on any atom is -0.497 e. The third-order valence-corrected chi connectivity index (χ3v) is 13.9. The van der Waals surface area contributed by atoms with Gasteiger partial charge in [0.2, 0.25) is 5.91 Å². The van der Waals surface area contributed by atoms with Gasteiger partial charge in [0.05, 0.1) is 33.0 Å². The number of carbonyl (C=O) groups is 2. The van der Waals surface area contributed by atoms with Gasteiger partial charge in [0.1, 0.15) is 17.4 Å². The summed E-state index contributed by atoms with van der Waals surface area (Å²) in [5, 5.41) is 2.98. The molecule has 3 fully saturated rings. The summed E-state index contributed by atoms with van der Waals surface area (Å²) in [5.74, 6) is 0.293. The number of benzene rings is 1. The maximum absolute atomic E-state index is 14.7. The molecule has 0 aromatic heterocycles. The number of hydrogen-bond donors (Lipinski definition) is 1. The van der Waals surface area contributed by atoms with Crippen LogP contribution in [0.25, 0.3) is 0 Å². The molecule has 2 amide bonds. The van der Waals surface area contributed by atoms with Gasteiger partial charge in [0.15, 0.2) is 14.1 Å². The molecule has 236 valence electrons. The van der Waals surface area contributed by atoms with Gasteiger partial charge in [-0.05, 0) is 75.4 Å². The molecule has 1 saturated carbocycles. The van der Waals surface area contributed by atoms with E-state index in [2.05, 4.69) is 39.2 Å². The van der Waals surface area contributed by atoms with E-state index >= 15 is 0 Å². The van der Waals surface area contributed by atoms with Crippen molar-refractivity contribution in [1.82, 2.24) is 10.2 Å². The molecule has 10 heteroatoms. The normalized spacial score (nSPS) is 24.8. The molecule has 1 aromatic carbocycles. The van der Waals surface area contributed by atoms with E-state index in [4.69, 9.17) is 23.4 Å². The van der Waals surface area contributed by atoms with Gasteiger partial charge in [-0.15, -0.1) is 0 Å². The number of amides is 2. The molecule has 2 saturated heterocycles. The summed E-state index contributed by atoms with van der Waals surface area (Å²) >= 11 is 0. The first-order valence-corrected chi connectivity index (χ1v) is 18.3. The molecule has 0 unspecified atom stereocenters. The first-order chi connectivity index (χ1) is 19.5. The van der Waals surface area contributed by atoms with Gasteiger partial charge in [0.25, 0.3) is 0 Å². The average molecular weight is 605 g/mol. The zero-order valence-electron chi connectivity index (χ0n) is 27.1. The fourth-order valence-corrected chi connectivity index (χ4v) is 7.16. The molecule has 1 aliphatic carbocycles. The van der Waals surface area contributed by atoms with E-state index in [-0.39, 0.29) is 23.0 Å². The van der Waals surface area contributed by atoms with Gasteiger partial charge in [-0.2, -0.15) is 0 Å². The van der Waals surface area contributed by atoms with Crippen molar-refractivity contribution in [2.24, 2.45) is 5.92 Å². The second-order valence-corrected chi connectivity index (χ2v) is 19.4. The summed E-state index contributed by atoms with van der Waals surface area (Å²) in [6.07, 6.45) is 2.96. The van der Waals surface area contributed by atoms with Crippen LogP contribution in [0.3, 0.4) is 0 Å². The number of alkyl carbamates (subject to hydrolysis) is 1. The Morgan fingerprint density at radius 3 is 2.31 bits per heavy atom. The van der Waals surface area contributed by atoms with Gasteiger partial charge in [0, 0.05) is 25.3 Å². The third kappa shape index (κ3) is 7.67. The number of methoxy groups -OCH3 is 1. The van der Waals surface area contributed by atoms with Gasteiger partial charge >= 0.3 is 6.09 Å². The SMILES string of the molecule is COc1ccc(C[C@@H](NC(=O)OC(C)(C)C)C(=O)N2[C@H](CO[Si](C)(C)C(C)(C)C)C[C@H]3CCC4(C[C@H]32)OCCO4)cc1. The summed E-state index contributed by atoms with van der Waals surface area (Å²) in [5.41, 5.74) is 0.223. The number of nitrogens with zero attached hydrogens (tertiary/aromatic N) is 1. The number of fused-ring (bicyclic) bond motifs is 1. The van der Waals surface area contributed by atoms with Crippen molar-refractivity contribution in [2.45, 2.75) is 121 Å². The maximum atomic E-state index is 14.7. The molecule has 2 heterocycles.